The Bertz CT molecular complexity index is 419. The Hall–Kier alpha value is -1.46. The number of aliphatic hydroxyl groups is 1. The third-order valence-electron chi connectivity index (χ3n) is 3.07. The summed E-state index contributed by atoms with van der Waals surface area (Å²) in [7, 11) is 0. The lowest BCUT2D eigenvalue weighted by Gasteiger charge is -2.24. The number of hydrogen-bond acceptors (Lipinski definition) is 4. The quantitative estimate of drug-likeness (QED) is 0.560. The van der Waals surface area contributed by atoms with E-state index in [1.807, 2.05) is 6.07 Å². The normalized spacial score (nSPS) is 11.5. The highest BCUT2D eigenvalue weighted by Gasteiger charge is 2.16. The largest absolute Gasteiger partial charge is 0.396 e. The van der Waals surface area contributed by atoms with E-state index in [2.05, 4.69) is 19.2 Å². The molecule has 0 atom stereocenters. The minimum absolute atomic E-state index is 0.115. The first kappa shape index (κ1) is 15.6. The fourth-order valence-electron chi connectivity index (χ4n) is 1.97. The number of benzene rings is 1. The highest BCUT2D eigenvalue weighted by Crippen LogP contribution is 2.21. The molecule has 0 fully saturated rings. The van der Waals surface area contributed by atoms with Crippen LogP contribution < -0.4 is 5.32 Å². The third-order valence-corrected chi connectivity index (χ3v) is 3.07. The van der Waals surface area contributed by atoms with Gasteiger partial charge in [-0.05, 0) is 23.8 Å². The zero-order valence-electron chi connectivity index (χ0n) is 11.6. The van der Waals surface area contributed by atoms with Crippen LogP contribution in [0.3, 0.4) is 0 Å². The monoisotopic (exact) mass is 266 g/mol. The Labute approximate surface area is 113 Å². The van der Waals surface area contributed by atoms with Gasteiger partial charge in [0.15, 0.2) is 0 Å². The maximum Gasteiger partial charge on any atom is 0.269 e. The Kier molecular flexibility index (Phi) is 5.92. The summed E-state index contributed by atoms with van der Waals surface area (Å²) < 4.78 is 0. The summed E-state index contributed by atoms with van der Waals surface area (Å²) in [6.45, 7) is 5.93. The second-order valence-corrected chi connectivity index (χ2v) is 5.52. The van der Waals surface area contributed by atoms with Crippen LogP contribution in [0.5, 0.6) is 0 Å². The lowest BCUT2D eigenvalue weighted by atomic mass is 9.88. The summed E-state index contributed by atoms with van der Waals surface area (Å²) in [5.74, 6) is 0. The Morgan fingerprint density at radius 2 is 2.16 bits per heavy atom. The molecule has 0 aromatic heterocycles. The molecule has 5 nitrogen and oxygen atoms in total. The van der Waals surface area contributed by atoms with Gasteiger partial charge in [-0.15, -0.1) is 0 Å². The SMILES string of the molecule is CC(C)(CCCO)CNCc1cccc([N+](=O)[O-])c1. The minimum atomic E-state index is -0.380. The van der Waals surface area contributed by atoms with Crippen molar-refractivity contribution in [1.82, 2.24) is 5.32 Å². The molecule has 0 bridgehead atoms. The molecule has 0 saturated carbocycles. The van der Waals surface area contributed by atoms with Crippen LogP contribution in [0.25, 0.3) is 0 Å². The second kappa shape index (κ2) is 7.21. The molecule has 0 radical (unpaired) electrons. The number of rotatable bonds is 8. The van der Waals surface area contributed by atoms with Crippen molar-refractivity contribution in [3.8, 4) is 0 Å². The van der Waals surface area contributed by atoms with Crippen LogP contribution in [-0.2, 0) is 6.54 Å². The van der Waals surface area contributed by atoms with Gasteiger partial charge in [-0.25, -0.2) is 0 Å². The van der Waals surface area contributed by atoms with Gasteiger partial charge >= 0.3 is 0 Å². The number of aliphatic hydroxyl groups excluding tert-OH is 1. The molecule has 0 aliphatic carbocycles. The number of nitrogens with one attached hydrogen (secondary N) is 1. The van der Waals surface area contributed by atoms with E-state index in [1.54, 1.807) is 12.1 Å². The lowest BCUT2D eigenvalue weighted by molar-refractivity contribution is -0.384. The maximum absolute atomic E-state index is 10.7. The molecule has 0 heterocycles. The molecule has 1 aromatic rings. The van der Waals surface area contributed by atoms with Crippen molar-refractivity contribution in [3.05, 3.63) is 39.9 Å². The van der Waals surface area contributed by atoms with Crippen molar-refractivity contribution >= 4 is 5.69 Å². The van der Waals surface area contributed by atoms with E-state index in [0.717, 1.165) is 24.9 Å². The van der Waals surface area contributed by atoms with Gasteiger partial charge in [0, 0.05) is 31.8 Å². The summed E-state index contributed by atoms with van der Waals surface area (Å²) in [4.78, 5) is 10.3. The van der Waals surface area contributed by atoms with E-state index in [-0.39, 0.29) is 22.6 Å². The van der Waals surface area contributed by atoms with E-state index in [4.69, 9.17) is 5.11 Å². The number of hydrogen-bond donors (Lipinski definition) is 2. The molecule has 1 rings (SSSR count). The fourth-order valence-corrected chi connectivity index (χ4v) is 1.97. The van der Waals surface area contributed by atoms with Gasteiger partial charge in [0.25, 0.3) is 5.69 Å². The topological polar surface area (TPSA) is 75.4 Å². The van der Waals surface area contributed by atoms with Gasteiger partial charge < -0.3 is 10.4 Å². The smallest absolute Gasteiger partial charge is 0.269 e. The number of nitro groups is 1. The van der Waals surface area contributed by atoms with Gasteiger partial charge in [0.2, 0.25) is 0 Å². The van der Waals surface area contributed by atoms with Gasteiger partial charge in [-0.2, -0.15) is 0 Å². The molecule has 0 aliphatic rings. The molecule has 0 amide bonds. The molecule has 106 valence electrons. The van der Waals surface area contributed by atoms with Crippen LogP contribution in [0.2, 0.25) is 0 Å². The first-order valence-electron chi connectivity index (χ1n) is 6.49. The van der Waals surface area contributed by atoms with Gasteiger partial charge in [-0.3, -0.25) is 10.1 Å². The number of nitrogens with zero attached hydrogens (tertiary/aromatic N) is 1. The fraction of sp³-hybridized carbons (Fsp3) is 0.571. The molecule has 1 aromatic carbocycles. The van der Waals surface area contributed by atoms with E-state index in [9.17, 15) is 10.1 Å². The molecular weight excluding hydrogens is 244 g/mol. The average Bonchev–Trinajstić information content (AvgIpc) is 2.36. The predicted octanol–water partition coefficient (Wildman–Crippen LogP) is 2.48. The van der Waals surface area contributed by atoms with Crippen molar-refractivity contribution in [1.29, 1.82) is 0 Å². The van der Waals surface area contributed by atoms with E-state index >= 15 is 0 Å². The molecular formula is C14H22N2O3. The van der Waals surface area contributed by atoms with Crippen LogP contribution in [0.1, 0.15) is 32.3 Å². The van der Waals surface area contributed by atoms with E-state index in [0.29, 0.717) is 6.54 Å². The summed E-state index contributed by atoms with van der Waals surface area (Å²) in [5.41, 5.74) is 1.15. The van der Waals surface area contributed by atoms with Crippen LogP contribution in [0.4, 0.5) is 5.69 Å². The maximum atomic E-state index is 10.7. The number of non-ortho nitro benzene ring substituents is 1. The second-order valence-electron chi connectivity index (χ2n) is 5.52. The zero-order chi connectivity index (χ0) is 14.3. The van der Waals surface area contributed by atoms with E-state index in [1.165, 1.54) is 6.07 Å². The van der Waals surface area contributed by atoms with Gasteiger partial charge in [0.05, 0.1) is 4.92 Å². The summed E-state index contributed by atoms with van der Waals surface area (Å²) in [6, 6.07) is 6.66. The van der Waals surface area contributed by atoms with Crippen LogP contribution in [0, 0.1) is 15.5 Å². The first-order valence-corrected chi connectivity index (χ1v) is 6.49. The van der Waals surface area contributed by atoms with Crippen molar-refractivity contribution in [2.75, 3.05) is 13.2 Å². The molecule has 5 heteroatoms. The van der Waals surface area contributed by atoms with Crippen LogP contribution in [-0.4, -0.2) is 23.2 Å². The summed E-state index contributed by atoms with van der Waals surface area (Å²) in [6.07, 6.45) is 1.75. The minimum Gasteiger partial charge on any atom is -0.396 e. The van der Waals surface area contributed by atoms with Crippen molar-refractivity contribution in [2.24, 2.45) is 5.41 Å². The zero-order valence-corrected chi connectivity index (χ0v) is 11.6. The molecule has 0 saturated heterocycles. The van der Waals surface area contributed by atoms with Gasteiger partial charge in [-0.1, -0.05) is 26.0 Å². The van der Waals surface area contributed by atoms with Crippen molar-refractivity contribution < 1.29 is 10.0 Å². The Balaban J connectivity index is 2.44. The van der Waals surface area contributed by atoms with Crippen LogP contribution in [0.15, 0.2) is 24.3 Å². The number of nitro benzene ring substituents is 1. The summed E-state index contributed by atoms with van der Waals surface area (Å²) >= 11 is 0. The van der Waals surface area contributed by atoms with Crippen molar-refractivity contribution in [2.45, 2.75) is 33.2 Å². The van der Waals surface area contributed by atoms with Crippen LogP contribution >= 0.6 is 0 Å². The van der Waals surface area contributed by atoms with Gasteiger partial charge in [0.1, 0.15) is 0 Å². The highest BCUT2D eigenvalue weighted by molar-refractivity contribution is 5.34. The molecule has 0 spiro atoms. The van der Waals surface area contributed by atoms with E-state index < -0.39 is 0 Å². The standard InChI is InChI=1S/C14H22N2O3/c1-14(2,7-4-8-17)11-15-10-12-5-3-6-13(9-12)16(18)19/h3,5-6,9,15,17H,4,7-8,10-11H2,1-2H3. The highest BCUT2D eigenvalue weighted by atomic mass is 16.6. The third kappa shape index (κ3) is 5.81. The molecule has 0 aliphatic heterocycles. The molecule has 2 N–H and O–H groups in total. The lowest BCUT2D eigenvalue weighted by Crippen LogP contribution is -2.29. The Morgan fingerprint density at radius 1 is 1.42 bits per heavy atom. The van der Waals surface area contributed by atoms with Crippen molar-refractivity contribution in [3.63, 3.8) is 0 Å². The first-order chi connectivity index (χ1) is 8.94. The Morgan fingerprint density at radius 3 is 2.79 bits per heavy atom. The summed E-state index contributed by atoms with van der Waals surface area (Å²) in [5, 5.41) is 22.8. The molecule has 0 unspecified atom stereocenters. The average molecular weight is 266 g/mol. The predicted molar refractivity (Wildman–Crippen MR) is 74.9 cm³/mol. The molecule has 19 heavy (non-hydrogen) atoms.